The van der Waals surface area contributed by atoms with E-state index in [0.29, 0.717) is 22.1 Å². The molecule has 3 nitrogen and oxygen atoms in total. The normalized spacial score (nSPS) is 14.2. The first-order valence-electron chi connectivity index (χ1n) is 22.8. The predicted octanol–water partition coefficient (Wildman–Crippen LogP) is 15.1. The SMILES string of the molecule is [2H]c1cc([2H])c(-c2ccc(N(c3ccc(-c4ccc(-c5ccc6c([2H])c([2H])c7oc8c([2H])c([2H])c([2H])c([2H])c8c7c6c5[2H])cc4)cc3)c3cccc4oc5ccccc5c34)cc2)c([2H])c1. The molecule has 0 N–H and O–H groups in total. The van der Waals surface area contributed by atoms with E-state index in [2.05, 4.69) is 23.1 Å². The molecule has 11 rings (SSSR count). The van der Waals surface area contributed by atoms with Gasteiger partial charge in [-0.15, -0.1) is 0 Å². The molecule has 0 aliphatic heterocycles. The van der Waals surface area contributed by atoms with Crippen molar-refractivity contribution in [2.45, 2.75) is 0 Å². The van der Waals surface area contributed by atoms with Gasteiger partial charge in [-0.3, -0.25) is 0 Å². The van der Waals surface area contributed by atoms with Gasteiger partial charge in [0.15, 0.2) is 0 Å². The summed E-state index contributed by atoms with van der Waals surface area (Å²) in [6, 6.07) is 42.3. The first-order chi connectivity index (χ1) is 31.4. The maximum Gasteiger partial charge on any atom is 0.137 e. The van der Waals surface area contributed by atoms with Gasteiger partial charge in [-0.05, 0) is 105 Å². The summed E-state index contributed by atoms with van der Waals surface area (Å²) < 4.78 is 97.7. The zero-order valence-electron chi connectivity index (χ0n) is 39.0. The zero-order chi connectivity index (χ0) is 45.0. The van der Waals surface area contributed by atoms with E-state index in [4.69, 9.17) is 21.2 Å². The minimum absolute atomic E-state index is 0.0489. The molecule has 0 radical (unpaired) electrons. The lowest BCUT2D eigenvalue weighted by Crippen LogP contribution is -2.10. The molecule has 0 saturated heterocycles. The zero-order valence-corrected chi connectivity index (χ0v) is 29.0. The quantitative estimate of drug-likeness (QED) is 0.172. The van der Waals surface area contributed by atoms with Crippen LogP contribution in [0.5, 0.6) is 0 Å². The third-order valence-corrected chi connectivity index (χ3v) is 10.1. The Kier molecular flexibility index (Phi) is 5.21. The van der Waals surface area contributed by atoms with Crippen molar-refractivity contribution in [1.82, 2.24) is 0 Å². The standard InChI is InChI=1S/C52H33NO2/c1-2-9-34(10-3-1)36-23-28-41(29-24-36)53(46-13-8-16-49-52(46)44-12-5-7-15-48(44)54-49)42-30-25-37(26-31-42)35-17-19-38(20-18-35)40-22-21-39-27-32-50-51(45(39)33-40)43-11-4-6-14-47(43)55-50/h1-33H/i1D,4D,6D,9D,10D,11D,14D,27D,32D,33D. The maximum atomic E-state index is 9.44. The van der Waals surface area contributed by atoms with Crippen molar-refractivity contribution in [1.29, 1.82) is 0 Å². The molecule has 0 unspecified atom stereocenters. The Labute approximate surface area is 332 Å². The van der Waals surface area contributed by atoms with Crippen molar-refractivity contribution in [2.75, 3.05) is 4.90 Å². The summed E-state index contributed by atoms with van der Waals surface area (Å²) in [6.07, 6.45) is 0. The van der Waals surface area contributed by atoms with E-state index >= 15 is 0 Å². The van der Waals surface area contributed by atoms with E-state index in [1.54, 1.807) is 12.1 Å². The molecule has 2 heterocycles. The van der Waals surface area contributed by atoms with Crippen LogP contribution in [-0.2, 0) is 0 Å². The van der Waals surface area contributed by atoms with E-state index < -0.39 is 12.1 Å². The Morgan fingerprint density at radius 3 is 1.75 bits per heavy atom. The second-order valence-corrected chi connectivity index (χ2v) is 13.3. The molecule has 11 aromatic rings. The Hall–Kier alpha value is -7.36. The smallest absolute Gasteiger partial charge is 0.137 e. The summed E-state index contributed by atoms with van der Waals surface area (Å²) in [6.45, 7) is 0. The highest BCUT2D eigenvalue weighted by atomic mass is 16.3. The highest BCUT2D eigenvalue weighted by Crippen LogP contribution is 2.44. The second kappa shape index (κ2) is 12.6. The number of hydrogen-bond acceptors (Lipinski definition) is 3. The number of benzene rings is 9. The first kappa shape index (κ1) is 22.7. The molecule has 0 aliphatic carbocycles. The fourth-order valence-corrected chi connectivity index (χ4v) is 7.50. The van der Waals surface area contributed by atoms with Crippen LogP contribution in [0.15, 0.2) is 209 Å². The van der Waals surface area contributed by atoms with E-state index in [0.717, 1.165) is 55.7 Å². The lowest BCUT2D eigenvalue weighted by molar-refractivity contribution is 0.668. The van der Waals surface area contributed by atoms with Crippen LogP contribution in [0.1, 0.15) is 13.7 Å². The Morgan fingerprint density at radius 2 is 0.982 bits per heavy atom. The van der Waals surface area contributed by atoms with Gasteiger partial charge < -0.3 is 13.7 Å². The topological polar surface area (TPSA) is 29.5 Å². The highest BCUT2D eigenvalue weighted by Gasteiger charge is 2.20. The molecule has 0 spiro atoms. The van der Waals surface area contributed by atoms with Gasteiger partial charge in [0.05, 0.1) is 24.8 Å². The summed E-state index contributed by atoms with van der Waals surface area (Å²) in [5.41, 5.74) is 8.28. The molecule has 0 amide bonds. The molecule has 258 valence electrons. The fourth-order valence-electron chi connectivity index (χ4n) is 7.50. The number of hydrogen-bond donors (Lipinski definition) is 0. The number of nitrogens with zero attached hydrogens (tertiary/aromatic N) is 1. The third kappa shape index (κ3) is 5.28. The van der Waals surface area contributed by atoms with Crippen LogP contribution in [0.3, 0.4) is 0 Å². The Morgan fingerprint density at radius 1 is 0.364 bits per heavy atom. The Bertz CT molecular complexity index is 3750. The van der Waals surface area contributed by atoms with E-state index in [1.165, 1.54) is 12.1 Å². The third-order valence-electron chi connectivity index (χ3n) is 10.1. The van der Waals surface area contributed by atoms with Crippen LogP contribution >= 0.6 is 0 Å². The van der Waals surface area contributed by atoms with Gasteiger partial charge in [0.25, 0.3) is 0 Å². The van der Waals surface area contributed by atoms with Crippen LogP contribution in [0, 0.1) is 0 Å². The molecule has 2 aromatic heterocycles. The molecular formula is C52H33NO2. The van der Waals surface area contributed by atoms with Gasteiger partial charge in [-0.25, -0.2) is 0 Å². The largest absolute Gasteiger partial charge is 0.456 e. The monoisotopic (exact) mass is 713 g/mol. The van der Waals surface area contributed by atoms with Crippen molar-refractivity contribution in [3.63, 3.8) is 0 Å². The number of rotatable bonds is 6. The average Bonchev–Trinajstić information content (AvgIpc) is 3.90. The number of para-hydroxylation sites is 2. The van der Waals surface area contributed by atoms with Crippen LogP contribution in [-0.4, -0.2) is 0 Å². The van der Waals surface area contributed by atoms with Crippen molar-refractivity contribution in [2.24, 2.45) is 0 Å². The minimum Gasteiger partial charge on any atom is -0.456 e. The van der Waals surface area contributed by atoms with E-state index in [-0.39, 0.29) is 75.7 Å². The number of anilines is 3. The summed E-state index contributed by atoms with van der Waals surface area (Å²) in [7, 11) is 0. The van der Waals surface area contributed by atoms with Gasteiger partial charge >= 0.3 is 0 Å². The number of furan rings is 2. The lowest BCUT2D eigenvalue weighted by atomic mass is 9.96. The van der Waals surface area contributed by atoms with Crippen LogP contribution < -0.4 is 4.90 Å². The van der Waals surface area contributed by atoms with Crippen LogP contribution in [0.4, 0.5) is 17.1 Å². The van der Waals surface area contributed by atoms with Crippen LogP contribution in [0.2, 0.25) is 0 Å². The first-order valence-corrected chi connectivity index (χ1v) is 17.8. The molecule has 0 aliphatic rings. The van der Waals surface area contributed by atoms with E-state index in [1.807, 2.05) is 97.1 Å². The van der Waals surface area contributed by atoms with Crippen molar-refractivity contribution < 1.29 is 22.5 Å². The molecule has 9 aromatic carbocycles. The van der Waals surface area contributed by atoms with Gasteiger partial charge in [-0.1, -0.05) is 139 Å². The maximum absolute atomic E-state index is 9.44. The molecule has 0 bridgehead atoms. The molecule has 0 fully saturated rings. The second-order valence-electron chi connectivity index (χ2n) is 13.3. The molecule has 0 atom stereocenters. The molecule has 0 saturated carbocycles. The summed E-state index contributed by atoms with van der Waals surface area (Å²) in [5, 5.41) is 2.83. The molecular weight excluding hydrogens is 671 g/mol. The lowest BCUT2D eigenvalue weighted by Gasteiger charge is -2.26. The van der Waals surface area contributed by atoms with Gasteiger partial charge in [0, 0.05) is 27.5 Å². The molecule has 3 heteroatoms. The Balaban J connectivity index is 0.988. The average molecular weight is 714 g/mol. The summed E-state index contributed by atoms with van der Waals surface area (Å²) in [5.74, 6) is 0. The summed E-state index contributed by atoms with van der Waals surface area (Å²) >= 11 is 0. The fraction of sp³-hybridized carbons (Fsp3) is 0. The highest BCUT2D eigenvalue weighted by molar-refractivity contribution is 6.19. The van der Waals surface area contributed by atoms with Gasteiger partial charge in [0.1, 0.15) is 22.3 Å². The number of fused-ring (bicyclic) bond motifs is 8. The van der Waals surface area contributed by atoms with E-state index in [9.17, 15) is 1.37 Å². The van der Waals surface area contributed by atoms with Gasteiger partial charge in [-0.2, -0.15) is 0 Å². The van der Waals surface area contributed by atoms with Crippen LogP contribution in [0.25, 0.3) is 88.0 Å². The van der Waals surface area contributed by atoms with Crippen molar-refractivity contribution >= 4 is 71.7 Å². The van der Waals surface area contributed by atoms with Gasteiger partial charge in [0.2, 0.25) is 0 Å². The van der Waals surface area contributed by atoms with Crippen molar-refractivity contribution in [3.05, 3.63) is 200 Å². The molecule has 55 heavy (non-hydrogen) atoms. The van der Waals surface area contributed by atoms with Crippen molar-refractivity contribution in [3.8, 4) is 33.4 Å². The summed E-state index contributed by atoms with van der Waals surface area (Å²) in [4.78, 5) is 2.16. The predicted molar refractivity (Wildman–Crippen MR) is 229 cm³/mol. The minimum atomic E-state index is -0.462.